The third-order valence-electron chi connectivity index (χ3n) is 3.37. The van der Waals surface area contributed by atoms with Gasteiger partial charge in [-0.3, -0.25) is 4.79 Å². The molecule has 100 valence electrons. The van der Waals surface area contributed by atoms with Crippen LogP contribution in [0.25, 0.3) is 10.9 Å². The summed E-state index contributed by atoms with van der Waals surface area (Å²) in [5, 5.41) is 0.696. The summed E-state index contributed by atoms with van der Waals surface area (Å²) in [7, 11) is 0. The fraction of sp³-hybridized carbons (Fsp3) is 0.118. The van der Waals surface area contributed by atoms with Crippen LogP contribution < -0.4 is 5.43 Å². The summed E-state index contributed by atoms with van der Waals surface area (Å²) >= 11 is 0. The minimum Gasteiger partial charge on any atom is -0.358 e. The monoisotopic (exact) mass is 267 g/mol. The van der Waals surface area contributed by atoms with Crippen LogP contribution in [-0.2, 0) is 12.8 Å². The minimum absolute atomic E-state index is 0.0218. The van der Waals surface area contributed by atoms with Gasteiger partial charge >= 0.3 is 0 Å². The first kappa shape index (κ1) is 12.6. The third kappa shape index (κ3) is 2.62. The van der Waals surface area contributed by atoms with E-state index in [1.165, 1.54) is 12.1 Å². The van der Waals surface area contributed by atoms with Crippen molar-refractivity contribution in [3.63, 3.8) is 0 Å². The largest absolute Gasteiger partial charge is 0.358 e. The first-order valence-corrected chi connectivity index (χ1v) is 6.58. The lowest BCUT2D eigenvalue weighted by atomic mass is 10.1. The van der Waals surface area contributed by atoms with E-state index in [0.29, 0.717) is 18.2 Å². The summed E-state index contributed by atoms with van der Waals surface area (Å²) in [5.41, 5.74) is 2.67. The lowest BCUT2D eigenvalue weighted by molar-refractivity contribution is 0.625. The molecule has 1 N–H and O–H groups in total. The Hall–Kier alpha value is -2.42. The van der Waals surface area contributed by atoms with Gasteiger partial charge in [0.15, 0.2) is 5.43 Å². The number of H-pyrrole nitrogens is 1. The minimum atomic E-state index is -0.227. The Morgan fingerprint density at radius 2 is 1.80 bits per heavy atom. The molecule has 0 amide bonds. The van der Waals surface area contributed by atoms with E-state index in [1.807, 2.05) is 30.3 Å². The second-order valence-corrected chi connectivity index (χ2v) is 4.83. The van der Waals surface area contributed by atoms with Crippen molar-refractivity contribution in [1.82, 2.24) is 4.98 Å². The Bertz CT molecular complexity index is 807. The van der Waals surface area contributed by atoms with Crippen molar-refractivity contribution >= 4 is 10.9 Å². The van der Waals surface area contributed by atoms with Gasteiger partial charge in [-0.2, -0.15) is 0 Å². The summed E-state index contributed by atoms with van der Waals surface area (Å²) in [6.45, 7) is 0. The smallest absolute Gasteiger partial charge is 0.189 e. The molecular formula is C17H14FNO. The Kier molecular flexibility index (Phi) is 3.33. The molecule has 0 saturated heterocycles. The van der Waals surface area contributed by atoms with Gasteiger partial charge in [0.2, 0.25) is 0 Å². The van der Waals surface area contributed by atoms with Gasteiger partial charge in [-0.05, 0) is 42.7 Å². The molecule has 0 radical (unpaired) electrons. The first-order chi connectivity index (χ1) is 9.72. The van der Waals surface area contributed by atoms with Crippen molar-refractivity contribution in [3.8, 4) is 0 Å². The second kappa shape index (κ2) is 5.29. The molecule has 0 bridgehead atoms. The topological polar surface area (TPSA) is 32.9 Å². The molecule has 0 aliphatic carbocycles. The Morgan fingerprint density at radius 3 is 2.65 bits per heavy atom. The van der Waals surface area contributed by atoms with Gasteiger partial charge in [0.25, 0.3) is 0 Å². The summed E-state index contributed by atoms with van der Waals surface area (Å²) in [4.78, 5) is 15.2. The zero-order valence-corrected chi connectivity index (χ0v) is 10.9. The van der Waals surface area contributed by atoms with Crippen LogP contribution in [0.15, 0.2) is 59.4 Å². The highest BCUT2D eigenvalue weighted by atomic mass is 19.1. The predicted octanol–water partition coefficient (Wildman–Crippen LogP) is 3.45. The molecule has 2 nitrogen and oxygen atoms in total. The van der Waals surface area contributed by atoms with Crippen LogP contribution in [0.3, 0.4) is 0 Å². The van der Waals surface area contributed by atoms with Gasteiger partial charge in [0.05, 0.1) is 0 Å². The number of rotatable bonds is 3. The lowest BCUT2D eigenvalue weighted by Gasteiger charge is -2.05. The molecule has 1 heterocycles. The van der Waals surface area contributed by atoms with E-state index in [9.17, 15) is 9.18 Å². The van der Waals surface area contributed by atoms with Crippen molar-refractivity contribution in [1.29, 1.82) is 0 Å². The number of aromatic amines is 1. The van der Waals surface area contributed by atoms with Crippen LogP contribution in [0, 0.1) is 5.82 Å². The summed E-state index contributed by atoms with van der Waals surface area (Å²) in [6, 6.07) is 15.6. The van der Waals surface area contributed by atoms with Gasteiger partial charge in [-0.25, -0.2) is 4.39 Å². The van der Waals surface area contributed by atoms with Crippen LogP contribution in [-0.4, -0.2) is 4.98 Å². The molecule has 3 aromatic rings. The van der Waals surface area contributed by atoms with E-state index in [2.05, 4.69) is 4.98 Å². The SMILES string of the molecule is O=c1cc(CCc2cccc(F)c2)[nH]c2ccccc12. The molecule has 0 atom stereocenters. The van der Waals surface area contributed by atoms with Crippen molar-refractivity contribution in [2.45, 2.75) is 12.8 Å². The average Bonchev–Trinajstić information content (AvgIpc) is 2.45. The van der Waals surface area contributed by atoms with Crippen molar-refractivity contribution in [2.75, 3.05) is 0 Å². The number of pyridine rings is 1. The number of halogens is 1. The van der Waals surface area contributed by atoms with Gasteiger partial charge in [-0.15, -0.1) is 0 Å². The number of nitrogens with one attached hydrogen (secondary N) is 1. The molecule has 0 fully saturated rings. The van der Waals surface area contributed by atoms with E-state index in [4.69, 9.17) is 0 Å². The molecule has 0 saturated carbocycles. The van der Waals surface area contributed by atoms with Crippen molar-refractivity contribution < 1.29 is 4.39 Å². The number of aryl methyl sites for hydroxylation is 2. The standard InChI is InChI=1S/C17H14FNO/c18-13-5-3-4-12(10-13)8-9-14-11-17(20)15-6-1-2-7-16(15)19-14/h1-7,10-11H,8-9H2,(H,19,20). The number of benzene rings is 2. The normalized spacial score (nSPS) is 10.8. The van der Waals surface area contributed by atoms with Crippen LogP contribution in [0.2, 0.25) is 0 Å². The van der Waals surface area contributed by atoms with Gasteiger partial charge in [-0.1, -0.05) is 24.3 Å². The van der Waals surface area contributed by atoms with E-state index in [0.717, 1.165) is 16.8 Å². The molecule has 0 unspecified atom stereocenters. The maximum atomic E-state index is 13.1. The number of fused-ring (bicyclic) bond motifs is 1. The number of hydrogen-bond donors (Lipinski definition) is 1. The highest BCUT2D eigenvalue weighted by Gasteiger charge is 2.02. The number of para-hydroxylation sites is 1. The molecule has 1 aromatic heterocycles. The quantitative estimate of drug-likeness (QED) is 0.774. The molecule has 3 heteroatoms. The molecule has 0 aliphatic heterocycles. The number of hydrogen-bond acceptors (Lipinski definition) is 1. The van der Waals surface area contributed by atoms with Crippen LogP contribution >= 0.6 is 0 Å². The van der Waals surface area contributed by atoms with Gasteiger partial charge < -0.3 is 4.98 Å². The van der Waals surface area contributed by atoms with Gasteiger partial charge in [0.1, 0.15) is 5.82 Å². The fourth-order valence-electron chi connectivity index (χ4n) is 2.36. The lowest BCUT2D eigenvalue weighted by Crippen LogP contribution is -2.06. The van der Waals surface area contributed by atoms with E-state index in [1.54, 1.807) is 12.1 Å². The third-order valence-corrected chi connectivity index (χ3v) is 3.37. The van der Waals surface area contributed by atoms with Crippen LogP contribution in [0.5, 0.6) is 0 Å². The maximum Gasteiger partial charge on any atom is 0.189 e. The average molecular weight is 267 g/mol. The second-order valence-electron chi connectivity index (χ2n) is 4.83. The molecular weight excluding hydrogens is 253 g/mol. The molecule has 3 rings (SSSR count). The van der Waals surface area contributed by atoms with Gasteiger partial charge in [0, 0.05) is 22.7 Å². The summed E-state index contributed by atoms with van der Waals surface area (Å²) < 4.78 is 13.1. The number of aromatic nitrogens is 1. The fourth-order valence-corrected chi connectivity index (χ4v) is 2.36. The van der Waals surface area contributed by atoms with E-state index in [-0.39, 0.29) is 11.2 Å². The zero-order chi connectivity index (χ0) is 13.9. The van der Waals surface area contributed by atoms with Crippen LogP contribution in [0.4, 0.5) is 4.39 Å². The predicted molar refractivity (Wildman–Crippen MR) is 78.4 cm³/mol. The van der Waals surface area contributed by atoms with E-state index >= 15 is 0 Å². The first-order valence-electron chi connectivity index (χ1n) is 6.58. The molecule has 2 aromatic carbocycles. The highest BCUT2D eigenvalue weighted by Crippen LogP contribution is 2.10. The van der Waals surface area contributed by atoms with Crippen molar-refractivity contribution in [2.24, 2.45) is 0 Å². The van der Waals surface area contributed by atoms with E-state index < -0.39 is 0 Å². The Labute approximate surface area is 115 Å². The summed E-state index contributed by atoms with van der Waals surface area (Å²) in [6.07, 6.45) is 1.38. The summed E-state index contributed by atoms with van der Waals surface area (Å²) in [5.74, 6) is -0.227. The molecule has 20 heavy (non-hydrogen) atoms. The van der Waals surface area contributed by atoms with Crippen LogP contribution in [0.1, 0.15) is 11.3 Å². The van der Waals surface area contributed by atoms with Crippen molar-refractivity contribution in [3.05, 3.63) is 81.9 Å². The maximum absolute atomic E-state index is 13.1. The zero-order valence-electron chi connectivity index (χ0n) is 10.9. The highest BCUT2D eigenvalue weighted by molar-refractivity contribution is 5.78. The molecule has 0 spiro atoms. The Balaban J connectivity index is 1.86. The Morgan fingerprint density at radius 1 is 0.950 bits per heavy atom. The molecule has 0 aliphatic rings.